The molecular formula is C19H16N4O3S. The van der Waals surface area contributed by atoms with Crippen molar-refractivity contribution >= 4 is 28.8 Å². The van der Waals surface area contributed by atoms with Crippen LogP contribution in [0.1, 0.15) is 35.2 Å². The van der Waals surface area contributed by atoms with E-state index in [9.17, 15) is 9.90 Å². The van der Waals surface area contributed by atoms with Gasteiger partial charge < -0.3 is 15.7 Å². The lowest BCUT2D eigenvalue weighted by Gasteiger charge is -2.29. The molecule has 1 aliphatic carbocycles. The summed E-state index contributed by atoms with van der Waals surface area (Å²) < 4.78 is 4.86. The number of aromatic nitrogens is 2. The average Bonchev–Trinajstić information content (AvgIpc) is 3.31. The quantitative estimate of drug-likeness (QED) is 0.621. The van der Waals surface area contributed by atoms with E-state index in [1.807, 2.05) is 11.4 Å². The van der Waals surface area contributed by atoms with E-state index in [4.69, 9.17) is 4.63 Å². The molecule has 0 fully saturated rings. The van der Waals surface area contributed by atoms with Crippen LogP contribution in [0.3, 0.4) is 0 Å². The molecule has 7 nitrogen and oxygen atoms in total. The lowest BCUT2D eigenvalue weighted by atomic mass is 9.81. The molecule has 3 N–H and O–H groups in total. The van der Waals surface area contributed by atoms with Gasteiger partial charge in [-0.25, -0.2) is 4.63 Å². The van der Waals surface area contributed by atoms with E-state index in [1.54, 1.807) is 35.6 Å². The highest BCUT2D eigenvalue weighted by Gasteiger charge is 2.37. The summed E-state index contributed by atoms with van der Waals surface area (Å²) in [5.74, 6) is 1.35. The highest BCUT2D eigenvalue weighted by molar-refractivity contribution is 7.10. The van der Waals surface area contributed by atoms with Crippen molar-refractivity contribution in [1.82, 2.24) is 10.3 Å². The van der Waals surface area contributed by atoms with Crippen molar-refractivity contribution in [3.05, 3.63) is 63.5 Å². The molecular weight excluding hydrogens is 364 g/mol. The minimum absolute atomic E-state index is 0.0924. The number of hydrogen-bond donors (Lipinski definition) is 3. The van der Waals surface area contributed by atoms with E-state index < -0.39 is 6.04 Å². The fourth-order valence-electron chi connectivity index (χ4n) is 3.74. The number of thiophene rings is 1. The van der Waals surface area contributed by atoms with Gasteiger partial charge in [0, 0.05) is 28.5 Å². The van der Waals surface area contributed by atoms with Crippen LogP contribution in [0.15, 0.2) is 57.7 Å². The zero-order chi connectivity index (χ0) is 18.4. The lowest BCUT2D eigenvalue weighted by Crippen LogP contribution is -2.26. The van der Waals surface area contributed by atoms with E-state index in [2.05, 4.69) is 27.0 Å². The number of phenolic OH excluding ortho intramolecular Hbond substituents is 1. The van der Waals surface area contributed by atoms with Gasteiger partial charge in [-0.3, -0.25) is 4.79 Å². The minimum Gasteiger partial charge on any atom is -0.508 e. The molecule has 0 unspecified atom stereocenters. The van der Waals surface area contributed by atoms with Gasteiger partial charge >= 0.3 is 0 Å². The number of phenols is 1. The molecule has 2 aromatic heterocycles. The summed E-state index contributed by atoms with van der Waals surface area (Å²) in [5.41, 5.74) is 2.39. The second-order valence-corrected chi connectivity index (χ2v) is 7.67. The van der Waals surface area contributed by atoms with Crippen molar-refractivity contribution < 1.29 is 14.5 Å². The molecule has 0 radical (unpaired) electrons. The van der Waals surface area contributed by atoms with Gasteiger partial charge in [0.15, 0.2) is 5.78 Å². The fourth-order valence-corrected chi connectivity index (χ4v) is 4.57. The molecule has 8 heteroatoms. The first kappa shape index (κ1) is 16.1. The summed E-state index contributed by atoms with van der Waals surface area (Å²) in [6.07, 6.45) is 1.18. The largest absolute Gasteiger partial charge is 0.508 e. The summed E-state index contributed by atoms with van der Waals surface area (Å²) in [4.78, 5) is 14.4. The molecule has 2 aliphatic rings. The number of benzene rings is 1. The van der Waals surface area contributed by atoms with E-state index in [-0.39, 0.29) is 17.5 Å². The number of fused-ring (bicyclic) bond motifs is 1. The summed E-state index contributed by atoms with van der Waals surface area (Å²) in [7, 11) is 0. The smallest absolute Gasteiger partial charge is 0.219 e. The fraction of sp³-hybridized carbons (Fsp3) is 0.211. The molecule has 0 bridgehead atoms. The molecule has 3 heterocycles. The molecule has 0 spiro atoms. The molecule has 3 aromatic rings. The van der Waals surface area contributed by atoms with Crippen LogP contribution in [0, 0.1) is 0 Å². The van der Waals surface area contributed by atoms with Crippen molar-refractivity contribution in [3.63, 3.8) is 0 Å². The maximum Gasteiger partial charge on any atom is 0.219 e. The standard InChI is InChI=1S/C19H16N4O3S/c24-12-5-3-10(4-6-12)17-16-13(20-18-19(21-17)23-26-22-18)8-11(9-14(16)25)15-2-1-7-27-15/h1-7,11,17,24H,8-9H2,(H,20,22)(H,21,23)/t11-,17+/m1/s1. The average molecular weight is 380 g/mol. The predicted molar refractivity (Wildman–Crippen MR) is 101 cm³/mol. The molecule has 0 amide bonds. The Morgan fingerprint density at radius 3 is 2.70 bits per heavy atom. The van der Waals surface area contributed by atoms with Gasteiger partial charge in [0.2, 0.25) is 11.6 Å². The molecule has 27 heavy (non-hydrogen) atoms. The van der Waals surface area contributed by atoms with E-state index >= 15 is 0 Å². The molecule has 2 atom stereocenters. The monoisotopic (exact) mass is 380 g/mol. The first-order chi connectivity index (χ1) is 13.2. The third kappa shape index (κ3) is 2.78. The maximum absolute atomic E-state index is 13.2. The minimum atomic E-state index is -0.391. The number of nitrogens with one attached hydrogen (secondary N) is 2. The summed E-state index contributed by atoms with van der Waals surface area (Å²) in [6.45, 7) is 0. The zero-order valence-electron chi connectivity index (χ0n) is 14.2. The van der Waals surface area contributed by atoms with Gasteiger partial charge in [0.05, 0.1) is 6.04 Å². The Morgan fingerprint density at radius 2 is 1.93 bits per heavy atom. The van der Waals surface area contributed by atoms with Gasteiger partial charge in [-0.05, 0) is 45.9 Å². The second kappa shape index (κ2) is 6.24. The van der Waals surface area contributed by atoms with Crippen LogP contribution in [-0.4, -0.2) is 21.2 Å². The first-order valence-corrected chi connectivity index (χ1v) is 9.51. The molecule has 1 aromatic carbocycles. The molecule has 136 valence electrons. The lowest BCUT2D eigenvalue weighted by molar-refractivity contribution is -0.116. The van der Waals surface area contributed by atoms with Gasteiger partial charge in [-0.2, -0.15) is 0 Å². The van der Waals surface area contributed by atoms with Crippen molar-refractivity contribution in [2.75, 3.05) is 10.6 Å². The van der Waals surface area contributed by atoms with Crippen molar-refractivity contribution in [2.24, 2.45) is 0 Å². The second-order valence-electron chi connectivity index (χ2n) is 6.69. The number of carbonyl (C=O) groups is 1. The SMILES string of the molecule is O=C1C[C@H](c2cccs2)CC2=C1[C@H](c1ccc(O)cc1)Nc1nonc1N2. The Hall–Kier alpha value is -3.13. The Balaban J connectivity index is 1.61. The van der Waals surface area contributed by atoms with E-state index in [0.717, 1.165) is 11.3 Å². The Bertz CT molecular complexity index is 1020. The summed E-state index contributed by atoms with van der Waals surface area (Å²) in [5, 5.41) is 26.0. The van der Waals surface area contributed by atoms with Crippen LogP contribution in [0.5, 0.6) is 5.75 Å². The van der Waals surface area contributed by atoms with Crippen molar-refractivity contribution in [1.29, 1.82) is 0 Å². The van der Waals surface area contributed by atoms with E-state index in [0.29, 0.717) is 30.1 Å². The number of ketones is 1. The van der Waals surface area contributed by atoms with Crippen LogP contribution in [-0.2, 0) is 4.79 Å². The number of rotatable bonds is 2. The number of Topliss-reactive ketones (excluding diaryl/α,β-unsaturated/α-hetero) is 1. The van der Waals surface area contributed by atoms with Gasteiger partial charge in [-0.1, -0.05) is 18.2 Å². The highest BCUT2D eigenvalue weighted by Crippen LogP contribution is 2.44. The topological polar surface area (TPSA) is 100 Å². The number of allylic oxidation sites excluding steroid dienone is 1. The van der Waals surface area contributed by atoms with Crippen LogP contribution in [0.25, 0.3) is 0 Å². The first-order valence-electron chi connectivity index (χ1n) is 8.63. The molecule has 1 aliphatic heterocycles. The maximum atomic E-state index is 13.2. The Labute approximate surface area is 158 Å². The predicted octanol–water partition coefficient (Wildman–Crippen LogP) is 3.82. The van der Waals surface area contributed by atoms with Crippen LogP contribution >= 0.6 is 11.3 Å². The highest BCUT2D eigenvalue weighted by atomic mass is 32.1. The molecule has 0 saturated carbocycles. The number of anilines is 2. The third-order valence-corrected chi connectivity index (χ3v) is 6.04. The van der Waals surface area contributed by atoms with Crippen molar-refractivity contribution in [2.45, 2.75) is 24.8 Å². The van der Waals surface area contributed by atoms with Gasteiger partial charge in [-0.15, -0.1) is 11.3 Å². The number of aromatic hydroxyl groups is 1. The third-order valence-electron chi connectivity index (χ3n) is 5.01. The normalized spacial score (nSPS) is 21.7. The van der Waals surface area contributed by atoms with Crippen LogP contribution in [0.2, 0.25) is 0 Å². The van der Waals surface area contributed by atoms with Gasteiger partial charge in [0.1, 0.15) is 5.75 Å². The zero-order valence-corrected chi connectivity index (χ0v) is 15.0. The number of hydrogen-bond acceptors (Lipinski definition) is 8. The van der Waals surface area contributed by atoms with Crippen LogP contribution in [0.4, 0.5) is 11.6 Å². The van der Waals surface area contributed by atoms with Gasteiger partial charge in [0.25, 0.3) is 0 Å². The van der Waals surface area contributed by atoms with Crippen molar-refractivity contribution in [3.8, 4) is 5.75 Å². The van der Waals surface area contributed by atoms with E-state index in [1.165, 1.54) is 4.88 Å². The Kier molecular flexibility index (Phi) is 3.71. The summed E-state index contributed by atoms with van der Waals surface area (Å²) >= 11 is 1.67. The Morgan fingerprint density at radius 1 is 1.11 bits per heavy atom. The number of nitrogens with zero attached hydrogens (tertiary/aromatic N) is 2. The molecule has 5 rings (SSSR count). The number of carbonyl (C=O) groups excluding carboxylic acids is 1. The summed E-state index contributed by atoms with van der Waals surface area (Å²) in [6, 6.07) is 10.5. The van der Waals surface area contributed by atoms with Crippen LogP contribution < -0.4 is 10.6 Å². The molecule has 0 saturated heterocycles.